The van der Waals surface area contributed by atoms with E-state index < -0.39 is 0 Å². The van der Waals surface area contributed by atoms with Gasteiger partial charge in [-0.25, -0.2) is 9.18 Å². The van der Waals surface area contributed by atoms with Gasteiger partial charge in [0.05, 0.1) is 13.2 Å². The number of hydrogen-bond acceptors (Lipinski definition) is 4. The predicted octanol–water partition coefficient (Wildman–Crippen LogP) is 1.03. The standard InChI is InChI=1S/C19H29FN4O2/c20-18-3-1-17(2-4-18)5-7-22-9-11-24(12-10-22)19(25)21-6-8-23-13-15-26-16-14-23/h1-4H,5-16H2,(H,21,25). The lowest BCUT2D eigenvalue weighted by atomic mass is 10.1. The zero-order valence-corrected chi connectivity index (χ0v) is 15.3. The third-order valence-corrected chi connectivity index (χ3v) is 5.10. The SMILES string of the molecule is O=C(NCCN1CCOCC1)N1CCN(CCc2ccc(F)cc2)CC1. The summed E-state index contributed by atoms with van der Waals surface area (Å²) < 4.78 is 18.3. The number of ether oxygens (including phenoxy) is 1. The summed E-state index contributed by atoms with van der Waals surface area (Å²) in [5, 5.41) is 3.03. The molecule has 1 N–H and O–H groups in total. The summed E-state index contributed by atoms with van der Waals surface area (Å²) in [7, 11) is 0. The third kappa shape index (κ3) is 5.93. The van der Waals surface area contributed by atoms with Crippen molar-refractivity contribution in [3.05, 3.63) is 35.6 Å². The lowest BCUT2D eigenvalue weighted by Crippen LogP contribution is -2.53. The molecule has 0 radical (unpaired) electrons. The molecule has 6 nitrogen and oxygen atoms in total. The number of urea groups is 1. The average molecular weight is 364 g/mol. The van der Waals surface area contributed by atoms with Gasteiger partial charge < -0.3 is 15.0 Å². The second-order valence-corrected chi connectivity index (χ2v) is 6.89. The van der Waals surface area contributed by atoms with Crippen LogP contribution in [0.2, 0.25) is 0 Å². The lowest BCUT2D eigenvalue weighted by molar-refractivity contribution is 0.0385. The fraction of sp³-hybridized carbons (Fsp3) is 0.632. The molecule has 7 heteroatoms. The van der Waals surface area contributed by atoms with Crippen molar-refractivity contribution in [2.45, 2.75) is 6.42 Å². The Balaban J connectivity index is 1.30. The molecule has 0 bridgehead atoms. The number of carbonyl (C=O) groups excluding carboxylic acids is 1. The highest BCUT2D eigenvalue weighted by molar-refractivity contribution is 5.74. The van der Waals surface area contributed by atoms with Crippen molar-refractivity contribution < 1.29 is 13.9 Å². The minimum atomic E-state index is -0.193. The van der Waals surface area contributed by atoms with E-state index in [-0.39, 0.29) is 11.8 Å². The van der Waals surface area contributed by atoms with E-state index in [1.807, 2.05) is 17.0 Å². The molecule has 1 aromatic carbocycles. The van der Waals surface area contributed by atoms with Crippen LogP contribution in [0.15, 0.2) is 24.3 Å². The van der Waals surface area contributed by atoms with Gasteiger partial charge in [-0.05, 0) is 24.1 Å². The van der Waals surface area contributed by atoms with Crippen LogP contribution in [0.1, 0.15) is 5.56 Å². The number of nitrogens with zero attached hydrogens (tertiary/aromatic N) is 3. The van der Waals surface area contributed by atoms with Gasteiger partial charge in [0.15, 0.2) is 0 Å². The molecule has 2 aliphatic rings. The molecular weight excluding hydrogens is 335 g/mol. The molecule has 26 heavy (non-hydrogen) atoms. The summed E-state index contributed by atoms with van der Waals surface area (Å²) in [6.45, 7) is 9.26. The number of piperazine rings is 1. The van der Waals surface area contributed by atoms with Gasteiger partial charge in [0, 0.05) is 58.9 Å². The summed E-state index contributed by atoms with van der Waals surface area (Å²) in [4.78, 5) is 18.9. The van der Waals surface area contributed by atoms with Gasteiger partial charge in [0.1, 0.15) is 5.82 Å². The van der Waals surface area contributed by atoms with Crippen LogP contribution in [0.5, 0.6) is 0 Å². The molecule has 3 rings (SSSR count). The Bertz CT molecular complexity index is 555. The molecule has 2 amide bonds. The molecule has 2 fully saturated rings. The van der Waals surface area contributed by atoms with E-state index in [9.17, 15) is 9.18 Å². The Hall–Kier alpha value is -1.70. The maximum absolute atomic E-state index is 12.9. The van der Waals surface area contributed by atoms with E-state index >= 15 is 0 Å². The topological polar surface area (TPSA) is 48.1 Å². The van der Waals surface area contributed by atoms with Gasteiger partial charge in [-0.2, -0.15) is 0 Å². The Kier molecular flexibility index (Phi) is 7.22. The normalized spacial score (nSPS) is 19.5. The molecule has 0 unspecified atom stereocenters. The largest absolute Gasteiger partial charge is 0.379 e. The predicted molar refractivity (Wildman–Crippen MR) is 98.8 cm³/mol. The summed E-state index contributed by atoms with van der Waals surface area (Å²) in [5.41, 5.74) is 1.15. The summed E-state index contributed by atoms with van der Waals surface area (Å²) in [5.74, 6) is -0.193. The first-order chi connectivity index (χ1) is 12.7. The molecule has 2 aliphatic heterocycles. The van der Waals surface area contributed by atoms with Crippen molar-refractivity contribution in [1.82, 2.24) is 20.0 Å². The van der Waals surface area contributed by atoms with Crippen LogP contribution >= 0.6 is 0 Å². The number of hydrogen-bond donors (Lipinski definition) is 1. The number of amides is 2. The van der Waals surface area contributed by atoms with Crippen molar-refractivity contribution in [2.24, 2.45) is 0 Å². The van der Waals surface area contributed by atoms with Crippen molar-refractivity contribution in [3.8, 4) is 0 Å². The van der Waals surface area contributed by atoms with Gasteiger partial charge in [-0.1, -0.05) is 12.1 Å². The molecular formula is C19H29FN4O2. The van der Waals surface area contributed by atoms with Crippen LogP contribution in [0.3, 0.4) is 0 Å². The van der Waals surface area contributed by atoms with E-state index in [1.165, 1.54) is 12.1 Å². The van der Waals surface area contributed by atoms with E-state index in [4.69, 9.17) is 4.74 Å². The smallest absolute Gasteiger partial charge is 0.317 e. The number of nitrogens with one attached hydrogen (secondary N) is 1. The van der Waals surface area contributed by atoms with Crippen molar-refractivity contribution in [1.29, 1.82) is 0 Å². The monoisotopic (exact) mass is 364 g/mol. The van der Waals surface area contributed by atoms with Gasteiger partial charge in [-0.3, -0.25) is 9.80 Å². The number of halogens is 1. The summed E-state index contributed by atoms with van der Waals surface area (Å²) >= 11 is 0. The van der Waals surface area contributed by atoms with E-state index in [0.29, 0.717) is 6.54 Å². The molecule has 0 aliphatic carbocycles. The molecule has 144 valence electrons. The Morgan fingerprint density at radius 1 is 0.962 bits per heavy atom. The first-order valence-corrected chi connectivity index (χ1v) is 9.50. The van der Waals surface area contributed by atoms with E-state index in [1.54, 1.807) is 0 Å². The quantitative estimate of drug-likeness (QED) is 0.819. The van der Waals surface area contributed by atoms with Crippen molar-refractivity contribution >= 4 is 6.03 Å². The maximum atomic E-state index is 12.9. The number of benzene rings is 1. The van der Waals surface area contributed by atoms with Gasteiger partial charge in [0.25, 0.3) is 0 Å². The second kappa shape index (κ2) is 9.85. The fourth-order valence-corrected chi connectivity index (χ4v) is 3.37. The molecule has 2 saturated heterocycles. The van der Waals surface area contributed by atoms with E-state index in [0.717, 1.165) is 77.6 Å². The average Bonchev–Trinajstić information content (AvgIpc) is 2.69. The molecule has 2 heterocycles. The van der Waals surface area contributed by atoms with Crippen LogP contribution in [-0.4, -0.2) is 92.8 Å². The second-order valence-electron chi connectivity index (χ2n) is 6.89. The minimum absolute atomic E-state index is 0.0384. The number of carbonyl (C=O) groups is 1. The Morgan fingerprint density at radius 3 is 2.31 bits per heavy atom. The zero-order chi connectivity index (χ0) is 18.2. The van der Waals surface area contributed by atoms with Crippen LogP contribution in [0, 0.1) is 5.82 Å². The third-order valence-electron chi connectivity index (χ3n) is 5.10. The Labute approximate surface area is 154 Å². The highest BCUT2D eigenvalue weighted by atomic mass is 19.1. The number of morpholine rings is 1. The van der Waals surface area contributed by atoms with Crippen molar-refractivity contribution in [2.75, 3.05) is 72.1 Å². The molecule has 1 aromatic rings. The minimum Gasteiger partial charge on any atom is -0.379 e. The zero-order valence-electron chi connectivity index (χ0n) is 15.3. The van der Waals surface area contributed by atoms with Gasteiger partial charge in [-0.15, -0.1) is 0 Å². The molecule has 0 aromatic heterocycles. The lowest BCUT2D eigenvalue weighted by Gasteiger charge is -2.35. The maximum Gasteiger partial charge on any atom is 0.317 e. The fourth-order valence-electron chi connectivity index (χ4n) is 3.37. The first kappa shape index (κ1) is 19.1. The molecule has 0 saturated carbocycles. The van der Waals surface area contributed by atoms with Crippen LogP contribution in [0.4, 0.5) is 9.18 Å². The summed E-state index contributed by atoms with van der Waals surface area (Å²) in [6, 6.07) is 6.74. The molecule has 0 atom stereocenters. The molecule has 0 spiro atoms. The Morgan fingerprint density at radius 2 is 1.62 bits per heavy atom. The van der Waals surface area contributed by atoms with Gasteiger partial charge >= 0.3 is 6.03 Å². The highest BCUT2D eigenvalue weighted by Crippen LogP contribution is 2.07. The van der Waals surface area contributed by atoms with Crippen LogP contribution in [0.25, 0.3) is 0 Å². The van der Waals surface area contributed by atoms with Crippen LogP contribution in [-0.2, 0) is 11.2 Å². The van der Waals surface area contributed by atoms with E-state index in [2.05, 4.69) is 15.1 Å². The first-order valence-electron chi connectivity index (χ1n) is 9.50. The highest BCUT2D eigenvalue weighted by Gasteiger charge is 2.20. The number of rotatable bonds is 6. The van der Waals surface area contributed by atoms with Gasteiger partial charge in [0.2, 0.25) is 0 Å². The van der Waals surface area contributed by atoms with Crippen molar-refractivity contribution in [3.63, 3.8) is 0 Å². The summed E-state index contributed by atoms with van der Waals surface area (Å²) in [6.07, 6.45) is 0.909. The van der Waals surface area contributed by atoms with Crippen LogP contribution < -0.4 is 5.32 Å².